The molecule has 1 saturated heterocycles. The number of carbonyl (C=O) groups excluding carboxylic acids is 1. The second kappa shape index (κ2) is 10.2. The second-order valence-corrected chi connectivity index (χ2v) is 7.70. The van der Waals surface area contributed by atoms with E-state index in [4.69, 9.17) is 4.74 Å². The van der Waals surface area contributed by atoms with Crippen LogP contribution in [0.1, 0.15) is 56.9 Å². The summed E-state index contributed by atoms with van der Waals surface area (Å²) in [7, 11) is 1.74. The van der Waals surface area contributed by atoms with Gasteiger partial charge >= 0.3 is 0 Å². The van der Waals surface area contributed by atoms with Gasteiger partial charge in [0, 0.05) is 23.9 Å². The number of piperidine rings is 1. The summed E-state index contributed by atoms with van der Waals surface area (Å²) < 4.78 is 5.60. The standard InChI is InChI=1S/C21H32N2O2.ClH/c1-25-19-7-3-2-6-18(19)21(12-4-5-13-21)16-23-20(24)9-8-17-10-14-22-15-11-17;/h2-3,6-7,17,22H,4-5,8-16H2,1H3,(H,23,24);1H. The number of nitrogens with one attached hydrogen (secondary N) is 2. The highest BCUT2D eigenvalue weighted by Crippen LogP contribution is 2.44. The smallest absolute Gasteiger partial charge is 0.220 e. The van der Waals surface area contributed by atoms with E-state index in [-0.39, 0.29) is 23.7 Å². The van der Waals surface area contributed by atoms with E-state index in [0.29, 0.717) is 12.3 Å². The molecule has 0 spiro atoms. The SMILES string of the molecule is COc1ccccc1C1(CNC(=O)CCC2CCNCC2)CCCC1.Cl. The number of hydrogen-bond acceptors (Lipinski definition) is 3. The molecule has 2 aliphatic rings. The minimum Gasteiger partial charge on any atom is -0.496 e. The summed E-state index contributed by atoms with van der Waals surface area (Å²) in [6, 6.07) is 8.30. The van der Waals surface area contributed by atoms with Gasteiger partial charge in [-0.15, -0.1) is 12.4 Å². The van der Waals surface area contributed by atoms with E-state index < -0.39 is 0 Å². The van der Waals surface area contributed by atoms with Gasteiger partial charge in [0.15, 0.2) is 0 Å². The van der Waals surface area contributed by atoms with Crippen molar-refractivity contribution in [1.82, 2.24) is 10.6 Å². The minimum absolute atomic E-state index is 0. The lowest BCUT2D eigenvalue weighted by molar-refractivity contribution is -0.121. The van der Waals surface area contributed by atoms with Gasteiger partial charge in [0.05, 0.1) is 7.11 Å². The van der Waals surface area contributed by atoms with E-state index >= 15 is 0 Å². The van der Waals surface area contributed by atoms with Crippen molar-refractivity contribution in [3.8, 4) is 5.75 Å². The molecule has 4 nitrogen and oxygen atoms in total. The Labute approximate surface area is 163 Å². The largest absolute Gasteiger partial charge is 0.496 e. The van der Waals surface area contributed by atoms with Crippen LogP contribution in [0.5, 0.6) is 5.75 Å². The quantitative estimate of drug-likeness (QED) is 0.755. The molecule has 2 N–H and O–H groups in total. The first-order valence-electron chi connectivity index (χ1n) is 9.84. The summed E-state index contributed by atoms with van der Waals surface area (Å²) in [5.74, 6) is 1.87. The molecule has 0 aromatic heterocycles. The van der Waals surface area contributed by atoms with Gasteiger partial charge in [-0.3, -0.25) is 4.79 Å². The van der Waals surface area contributed by atoms with E-state index in [0.717, 1.165) is 44.6 Å². The van der Waals surface area contributed by atoms with Crippen LogP contribution in [-0.2, 0) is 10.2 Å². The van der Waals surface area contributed by atoms with Gasteiger partial charge in [0.25, 0.3) is 0 Å². The van der Waals surface area contributed by atoms with Crippen LogP contribution in [0.25, 0.3) is 0 Å². The molecule has 1 aliphatic heterocycles. The maximum atomic E-state index is 12.4. The Morgan fingerprint density at radius 3 is 2.62 bits per heavy atom. The monoisotopic (exact) mass is 380 g/mol. The minimum atomic E-state index is 0. The average Bonchev–Trinajstić information content (AvgIpc) is 3.15. The van der Waals surface area contributed by atoms with Gasteiger partial charge in [-0.25, -0.2) is 0 Å². The van der Waals surface area contributed by atoms with Gasteiger partial charge in [-0.2, -0.15) is 0 Å². The van der Waals surface area contributed by atoms with Crippen LogP contribution in [0.15, 0.2) is 24.3 Å². The first kappa shape index (κ1) is 21.0. The topological polar surface area (TPSA) is 50.4 Å². The van der Waals surface area contributed by atoms with Gasteiger partial charge < -0.3 is 15.4 Å². The van der Waals surface area contributed by atoms with E-state index in [1.54, 1.807) is 7.11 Å². The molecule has 3 rings (SSSR count). The summed E-state index contributed by atoms with van der Waals surface area (Å²) in [5, 5.41) is 6.63. The van der Waals surface area contributed by atoms with Gasteiger partial charge in [0.2, 0.25) is 5.91 Å². The molecular weight excluding hydrogens is 348 g/mol. The summed E-state index contributed by atoms with van der Waals surface area (Å²) in [6.45, 7) is 2.94. The van der Waals surface area contributed by atoms with Crippen LogP contribution < -0.4 is 15.4 Å². The van der Waals surface area contributed by atoms with Crippen molar-refractivity contribution >= 4 is 18.3 Å². The second-order valence-electron chi connectivity index (χ2n) is 7.70. The number of methoxy groups -OCH3 is 1. The van der Waals surface area contributed by atoms with Crippen molar-refractivity contribution in [1.29, 1.82) is 0 Å². The van der Waals surface area contributed by atoms with Gasteiger partial charge in [0.1, 0.15) is 5.75 Å². The highest BCUT2D eigenvalue weighted by molar-refractivity contribution is 5.85. The van der Waals surface area contributed by atoms with Crippen molar-refractivity contribution in [2.45, 2.75) is 56.8 Å². The zero-order valence-corrected chi connectivity index (χ0v) is 16.7. The zero-order chi connectivity index (χ0) is 17.5. The van der Waals surface area contributed by atoms with E-state index in [9.17, 15) is 4.79 Å². The van der Waals surface area contributed by atoms with Crippen LogP contribution >= 0.6 is 12.4 Å². The molecule has 1 heterocycles. The molecule has 1 saturated carbocycles. The van der Waals surface area contributed by atoms with Crippen LogP contribution in [0.3, 0.4) is 0 Å². The molecule has 0 atom stereocenters. The molecule has 1 aromatic rings. The first-order valence-corrected chi connectivity index (χ1v) is 9.84. The third kappa shape index (κ3) is 5.14. The van der Waals surface area contributed by atoms with E-state index in [1.807, 2.05) is 12.1 Å². The Morgan fingerprint density at radius 2 is 1.92 bits per heavy atom. The summed E-state index contributed by atoms with van der Waals surface area (Å²) in [6.07, 6.45) is 8.80. The Kier molecular flexibility index (Phi) is 8.23. The van der Waals surface area contributed by atoms with Crippen molar-refractivity contribution in [2.24, 2.45) is 5.92 Å². The Hall–Kier alpha value is -1.26. The number of hydrogen-bond donors (Lipinski definition) is 2. The Balaban J connectivity index is 0.00000243. The molecular formula is C21H33ClN2O2. The van der Waals surface area contributed by atoms with Crippen molar-refractivity contribution in [2.75, 3.05) is 26.7 Å². The summed E-state index contributed by atoms with van der Waals surface area (Å²) in [5.41, 5.74) is 1.30. The highest BCUT2D eigenvalue weighted by Gasteiger charge is 2.37. The lowest BCUT2D eigenvalue weighted by Crippen LogP contribution is -2.39. The van der Waals surface area contributed by atoms with Crippen LogP contribution in [0.2, 0.25) is 0 Å². The predicted molar refractivity (Wildman–Crippen MR) is 108 cm³/mol. The summed E-state index contributed by atoms with van der Waals surface area (Å²) >= 11 is 0. The van der Waals surface area contributed by atoms with Crippen LogP contribution in [0.4, 0.5) is 0 Å². The molecule has 0 radical (unpaired) electrons. The van der Waals surface area contributed by atoms with Crippen LogP contribution in [-0.4, -0.2) is 32.7 Å². The normalized spacial score (nSPS) is 19.6. The molecule has 5 heteroatoms. The van der Waals surface area contributed by atoms with E-state index in [2.05, 4.69) is 22.8 Å². The third-order valence-electron chi connectivity index (χ3n) is 6.10. The van der Waals surface area contributed by atoms with Crippen molar-refractivity contribution in [3.63, 3.8) is 0 Å². The molecule has 146 valence electrons. The van der Waals surface area contributed by atoms with Gasteiger partial charge in [-0.05, 0) is 57.2 Å². The Bertz CT molecular complexity index is 567. The lowest BCUT2D eigenvalue weighted by atomic mass is 9.78. The molecule has 1 aliphatic carbocycles. The molecule has 0 bridgehead atoms. The third-order valence-corrected chi connectivity index (χ3v) is 6.10. The number of rotatable bonds is 7. The molecule has 0 unspecified atom stereocenters. The van der Waals surface area contributed by atoms with Gasteiger partial charge in [-0.1, -0.05) is 31.0 Å². The summed E-state index contributed by atoms with van der Waals surface area (Å²) in [4.78, 5) is 12.4. The fraction of sp³-hybridized carbons (Fsp3) is 0.667. The number of amides is 1. The zero-order valence-electron chi connectivity index (χ0n) is 15.9. The number of carbonyl (C=O) groups is 1. The maximum absolute atomic E-state index is 12.4. The lowest BCUT2D eigenvalue weighted by Gasteiger charge is -2.31. The maximum Gasteiger partial charge on any atom is 0.220 e. The fourth-order valence-corrected chi connectivity index (χ4v) is 4.54. The average molecular weight is 381 g/mol. The molecule has 1 amide bonds. The Morgan fingerprint density at radius 1 is 1.23 bits per heavy atom. The van der Waals surface area contributed by atoms with Crippen molar-refractivity contribution < 1.29 is 9.53 Å². The number of ether oxygens (including phenoxy) is 1. The van der Waals surface area contributed by atoms with Crippen LogP contribution in [0, 0.1) is 5.92 Å². The molecule has 2 fully saturated rings. The highest BCUT2D eigenvalue weighted by atomic mass is 35.5. The predicted octanol–water partition coefficient (Wildman–Crippen LogP) is 3.82. The van der Waals surface area contributed by atoms with E-state index in [1.165, 1.54) is 31.2 Å². The number of halogens is 1. The first-order chi connectivity index (χ1) is 12.2. The fourth-order valence-electron chi connectivity index (χ4n) is 4.54. The number of benzene rings is 1. The number of para-hydroxylation sites is 1. The molecule has 1 aromatic carbocycles. The molecule has 26 heavy (non-hydrogen) atoms. The van der Waals surface area contributed by atoms with Crippen molar-refractivity contribution in [3.05, 3.63) is 29.8 Å².